The first-order chi connectivity index (χ1) is 9.58. The van der Waals surface area contributed by atoms with Crippen molar-refractivity contribution < 1.29 is 13.6 Å². The fourth-order valence-corrected chi connectivity index (χ4v) is 2.06. The number of aryl methyl sites for hydroxylation is 1. The first-order valence-electron chi connectivity index (χ1n) is 5.98. The van der Waals surface area contributed by atoms with Crippen LogP contribution in [0.2, 0.25) is 0 Å². The molecule has 20 heavy (non-hydrogen) atoms. The predicted molar refractivity (Wildman–Crippen MR) is 70.7 cm³/mol. The largest absolute Gasteiger partial charge is 0.306 e. The number of halogens is 2. The maximum Gasteiger partial charge on any atom is 0.159 e. The zero-order valence-electron chi connectivity index (χ0n) is 10.6. The third-order valence-corrected chi connectivity index (χ3v) is 3.18. The second-order valence-electron chi connectivity index (χ2n) is 4.55. The Bertz CT molecular complexity index is 824. The van der Waals surface area contributed by atoms with Crippen molar-refractivity contribution in [1.29, 1.82) is 0 Å². The van der Waals surface area contributed by atoms with Gasteiger partial charge in [-0.25, -0.2) is 13.8 Å². The van der Waals surface area contributed by atoms with Crippen LogP contribution in [0.4, 0.5) is 8.78 Å². The van der Waals surface area contributed by atoms with Gasteiger partial charge in [-0.05, 0) is 36.8 Å². The number of fused-ring (bicyclic) bond motifs is 1. The number of carbonyl (C=O) groups is 1. The van der Waals surface area contributed by atoms with E-state index in [9.17, 15) is 13.6 Å². The number of imidazole rings is 1. The molecule has 100 valence electrons. The first kappa shape index (κ1) is 12.5. The molecule has 0 aliphatic heterocycles. The smallest absolute Gasteiger partial charge is 0.159 e. The molecule has 0 bridgehead atoms. The second-order valence-corrected chi connectivity index (χ2v) is 4.55. The summed E-state index contributed by atoms with van der Waals surface area (Å²) >= 11 is 0. The fourth-order valence-electron chi connectivity index (χ4n) is 2.06. The molecule has 0 aliphatic carbocycles. The van der Waals surface area contributed by atoms with E-state index in [0.717, 1.165) is 24.0 Å². The Morgan fingerprint density at radius 3 is 2.65 bits per heavy atom. The van der Waals surface area contributed by atoms with Gasteiger partial charge in [0.05, 0.1) is 5.69 Å². The summed E-state index contributed by atoms with van der Waals surface area (Å²) in [5, 5.41) is 0. The second kappa shape index (κ2) is 4.52. The topological polar surface area (TPSA) is 34.4 Å². The number of aldehydes is 1. The van der Waals surface area contributed by atoms with Crippen molar-refractivity contribution in [3.8, 4) is 11.3 Å². The lowest BCUT2D eigenvalue weighted by Gasteiger charge is -1.98. The maximum atomic E-state index is 13.2. The van der Waals surface area contributed by atoms with E-state index < -0.39 is 11.6 Å². The summed E-state index contributed by atoms with van der Waals surface area (Å²) in [6.45, 7) is 1.82. The number of aromatic nitrogens is 2. The molecule has 3 rings (SSSR count). The van der Waals surface area contributed by atoms with Gasteiger partial charge < -0.3 is 4.40 Å². The van der Waals surface area contributed by atoms with Gasteiger partial charge in [0, 0.05) is 23.5 Å². The molecule has 0 atom stereocenters. The summed E-state index contributed by atoms with van der Waals surface area (Å²) in [6.07, 6.45) is 4.11. The minimum Gasteiger partial charge on any atom is -0.306 e. The molecule has 0 fully saturated rings. The van der Waals surface area contributed by atoms with Crippen LogP contribution in [0.5, 0.6) is 0 Å². The van der Waals surface area contributed by atoms with E-state index in [4.69, 9.17) is 0 Å². The van der Waals surface area contributed by atoms with Crippen molar-refractivity contribution >= 4 is 11.9 Å². The van der Waals surface area contributed by atoms with Crippen molar-refractivity contribution in [2.24, 2.45) is 0 Å². The van der Waals surface area contributed by atoms with Gasteiger partial charge in [0.2, 0.25) is 0 Å². The maximum absolute atomic E-state index is 13.2. The van der Waals surface area contributed by atoms with Gasteiger partial charge in [-0.1, -0.05) is 0 Å². The van der Waals surface area contributed by atoms with Crippen LogP contribution in [-0.2, 0) is 0 Å². The van der Waals surface area contributed by atoms with Crippen molar-refractivity contribution in [3.63, 3.8) is 0 Å². The van der Waals surface area contributed by atoms with Crippen LogP contribution in [0.15, 0.2) is 36.7 Å². The number of pyridine rings is 1. The zero-order valence-corrected chi connectivity index (χ0v) is 10.6. The van der Waals surface area contributed by atoms with E-state index in [2.05, 4.69) is 4.98 Å². The Balaban J connectivity index is 2.17. The summed E-state index contributed by atoms with van der Waals surface area (Å²) in [4.78, 5) is 15.3. The average Bonchev–Trinajstić information content (AvgIpc) is 2.83. The molecule has 0 N–H and O–H groups in total. The molecule has 5 heteroatoms. The third kappa shape index (κ3) is 1.97. The Morgan fingerprint density at radius 2 is 1.95 bits per heavy atom. The lowest BCUT2D eigenvalue weighted by Crippen LogP contribution is -1.91. The summed E-state index contributed by atoms with van der Waals surface area (Å²) < 4.78 is 27.9. The Kier molecular flexibility index (Phi) is 2.82. The average molecular weight is 272 g/mol. The van der Waals surface area contributed by atoms with E-state index in [1.165, 1.54) is 6.07 Å². The molecule has 3 aromatic rings. The fraction of sp³-hybridized carbons (Fsp3) is 0.0667. The van der Waals surface area contributed by atoms with Crippen LogP contribution in [0.1, 0.15) is 15.9 Å². The minimum absolute atomic E-state index is 0.484. The molecule has 0 radical (unpaired) electrons. The standard InChI is InChI=1S/C15H10F2N2O/c1-9-4-15-18-14(7-19(15)6-11(9)8-20)10-2-3-12(16)13(17)5-10/h2-8H,1H3. The summed E-state index contributed by atoms with van der Waals surface area (Å²) in [5.41, 5.74) is 3.03. The minimum atomic E-state index is -0.913. The highest BCUT2D eigenvalue weighted by molar-refractivity contribution is 5.78. The van der Waals surface area contributed by atoms with Crippen molar-refractivity contribution in [2.75, 3.05) is 0 Å². The van der Waals surface area contributed by atoms with Crippen LogP contribution < -0.4 is 0 Å². The number of rotatable bonds is 2. The van der Waals surface area contributed by atoms with Crippen molar-refractivity contribution in [3.05, 3.63) is 59.4 Å². The van der Waals surface area contributed by atoms with Gasteiger partial charge in [0.1, 0.15) is 5.65 Å². The number of nitrogens with zero attached hydrogens (tertiary/aromatic N) is 2. The van der Waals surface area contributed by atoms with Crippen LogP contribution in [0.3, 0.4) is 0 Å². The Hall–Kier alpha value is -2.56. The number of hydrogen-bond donors (Lipinski definition) is 0. The highest BCUT2D eigenvalue weighted by Crippen LogP contribution is 2.22. The molecule has 2 heterocycles. The van der Waals surface area contributed by atoms with Crippen LogP contribution in [0, 0.1) is 18.6 Å². The van der Waals surface area contributed by atoms with E-state index >= 15 is 0 Å². The molecule has 0 saturated heterocycles. The zero-order chi connectivity index (χ0) is 14.3. The molecule has 2 aromatic heterocycles. The summed E-state index contributed by atoms with van der Waals surface area (Å²) in [6, 6.07) is 5.40. The van der Waals surface area contributed by atoms with Gasteiger partial charge in [0.15, 0.2) is 17.9 Å². The Labute approximate surface area is 113 Å². The van der Waals surface area contributed by atoms with Gasteiger partial charge in [-0.15, -0.1) is 0 Å². The van der Waals surface area contributed by atoms with E-state index in [1.807, 2.05) is 6.92 Å². The lowest BCUT2D eigenvalue weighted by molar-refractivity contribution is 0.112. The highest BCUT2D eigenvalue weighted by atomic mass is 19.2. The number of carbonyl (C=O) groups excluding carboxylic acids is 1. The Morgan fingerprint density at radius 1 is 1.15 bits per heavy atom. The van der Waals surface area contributed by atoms with E-state index in [-0.39, 0.29) is 0 Å². The van der Waals surface area contributed by atoms with E-state index in [0.29, 0.717) is 22.5 Å². The molecule has 3 nitrogen and oxygen atoms in total. The normalized spacial score (nSPS) is 10.9. The third-order valence-electron chi connectivity index (χ3n) is 3.18. The van der Waals surface area contributed by atoms with Gasteiger partial charge in [0.25, 0.3) is 0 Å². The van der Waals surface area contributed by atoms with Crippen LogP contribution in [0.25, 0.3) is 16.9 Å². The lowest BCUT2D eigenvalue weighted by atomic mass is 10.1. The molecular weight excluding hydrogens is 262 g/mol. The molecule has 0 aliphatic rings. The molecule has 0 amide bonds. The van der Waals surface area contributed by atoms with Gasteiger partial charge in [-0.2, -0.15) is 0 Å². The van der Waals surface area contributed by atoms with Crippen LogP contribution in [-0.4, -0.2) is 15.7 Å². The van der Waals surface area contributed by atoms with Crippen molar-refractivity contribution in [1.82, 2.24) is 9.38 Å². The SMILES string of the molecule is Cc1cc2nc(-c3ccc(F)c(F)c3)cn2cc1C=O. The number of hydrogen-bond acceptors (Lipinski definition) is 2. The molecule has 0 saturated carbocycles. The number of benzene rings is 1. The summed E-state index contributed by atoms with van der Waals surface area (Å²) in [5.74, 6) is -1.80. The first-order valence-corrected chi connectivity index (χ1v) is 5.98. The molecule has 0 unspecified atom stereocenters. The van der Waals surface area contributed by atoms with E-state index in [1.54, 1.807) is 22.9 Å². The van der Waals surface area contributed by atoms with Crippen molar-refractivity contribution in [2.45, 2.75) is 6.92 Å². The van der Waals surface area contributed by atoms with Gasteiger partial charge >= 0.3 is 0 Å². The molecule has 1 aromatic carbocycles. The predicted octanol–water partition coefficient (Wildman–Crippen LogP) is 3.40. The summed E-state index contributed by atoms with van der Waals surface area (Å²) in [7, 11) is 0. The quantitative estimate of drug-likeness (QED) is 0.670. The van der Waals surface area contributed by atoms with Crippen LogP contribution >= 0.6 is 0 Å². The molecular formula is C15H10F2N2O. The highest BCUT2D eigenvalue weighted by Gasteiger charge is 2.09. The van der Waals surface area contributed by atoms with Gasteiger partial charge in [-0.3, -0.25) is 4.79 Å². The monoisotopic (exact) mass is 272 g/mol. The molecule has 0 spiro atoms.